The van der Waals surface area contributed by atoms with Gasteiger partial charge in [-0.05, 0) is 31.2 Å². The van der Waals surface area contributed by atoms with Crippen molar-refractivity contribution in [3.05, 3.63) is 29.8 Å². The lowest BCUT2D eigenvalue weighted by molar-refractivity contribution is -0.0559. The van der Waals surface area contributed by atoms with E-state index >= 15 is 0 Å². The zero-order valence-corrected chi connectivity index (χ0v) is 13.8. The summed E-state index contributed by atoms with van der Waals surface area (Å²) in [5, 5.41) is 0.751. The van der Waals surface area contributed by atoms with Crippen LogP contribution >= 0.6 is 15.9 Å². The number of anilines is 1. The van der Waals surface area contributed by atoms with Gasteiger partial charge in [0.2, 0.25) is 0 Å². The van der Waals surface area contributed by atoms with Gasteiger partial charge in [0.15, 0.2) is 0 Å². The highest BCUT2D eigenvalue weighted by atomic mass is 79.9. The fourth-order valence-electron chi connectivity index (χ4n) is 2.38. The normalized spacial score (nSPS) is 22.7. The first kappa shape index (κ1) is 15.3. The first-order valence-corrected chi connectivity index (χ1v) is 7.91. The smallest absolute Gasteiger partial charge is 0.254 e. The average molecular weight is 341 g/mol. The number of amides is 1. The molecule has 4 nitrogen and oxygen atoms in total. The largest absolute Gasteiger partial charge is 0.378 e. The molecule has 1 aliphatic heterocycles. The molecule has 20 heavy (non-hydrogen) atoms. The molecule has 0 bridgehead atoms. The van der Waals surface area contributed by atoms with Crippen molar-refractivity contribution >= 4 is 27.5 Å². The van der Waals surface area contributed by atoms with Crippen LogP contribution in [0.5, 0.6) is 0 Å². The molecule has 0 aromatic heterocycles. The number of carbonyl (C=O) groups is 1. The Hall–Kier alpha value is -1.07. The van der Waals surface area contributed by atoms with E-state index in [9.17, 15) is 4.79 Å². The molecule has 5 heteroatoms. The summed E-state index contributed by atoms with van der Waals surface area (Å²) in [5.41, 5.74) is 1.83. The van der Waals surface area contributed by atoms with E-state index in [1.807, 2.05) is 55.1 Å². The lowest BCUT2D eigenvalue weighted by Crippen LogP contribution is -2.49. The molecule has 0 radical (unpaired) electrons. The summed E-state index contributed by atoms with van der Waals surface area (Å²) in [6.45, 7) is 3.30. The van der Waals surface area contributed by atoms with E-state index in [0.717, 1.165) is 16.6 Å². The van der Waals surface area contributed by atoms with Crippen LogP contribution in [0.2, 0.25) is 0 Å². The summed E-state index contributed by atoms with van der Waals surface area (Å²) >= 11 is 3.43. The molecule has 110 valence electrons. The van der Waals surface area contributed by atoms with Crippen LogP contribution in [0, 0.1) is 0 Å². The van der Waals surface area contributed by atoms with Crippen LogP contribution in [0.3, 0.4) is 0 Å². The van der Waals surface area contributed by atoms with E-state index in [1.165, 1.54) is 0 Å². The number of morpholine rings is 1. The minimum absolute atomic E-state index is 0.0729. The summed E-state index contributed by atoms with van der Waals surface area (Å²) in [4.78, 5) is 16.4. The van der Waals surface area contributed by atoms with Gasteiger partial charge in [-0.15, -0.1) is 0 Å². The molecule has 0 spiro atoms. The summed E-state index contributed by atoms with van der Waals surface area (Å²) in [5.74, 6) is 0.0800. The molecule has 1 fully saturated rings. The van der Waals surface area contributed by atoms with Crippen molar-refractivity contribution in [3.63, 3.8) is 0 Å². The second-order valence-electron chi connectivity index (χ2n) is 5.37. The molecule has 2 rings (SSSR count). The SMILES string of the molecule is CC1CN(C(=O)c2ccc(N(C)C)cc2)CC(CBr)O1. The Labute approximate surface area is 128 Å². The molecule has 0 N–H and O–H groups in total. The molecule has 1 heterocycles. The van der Waals surface area contributed by atoms with E-state index in [2.05, 4.69) is 15.9 Å². The number of alkyl halides is 1. The van der Waals surface area contributed by atoms with Crippen molar-refractivity contribution < 1.29 is 9.53 Å². The van der Waals surface area contributed by atoms with Crippen molar-refractivity contribution in [2.24, 2.45) is 0 Å². The molecule has 1 saturated heterocycles. The maximum atomic E-state index is 12.5. The Morgan fingerprint density at radius 2 is 2.00 bits per heavy atom. The average Bonchev–Trinajstić information content (AvgIpc) is 2.45. The maximum absolute atomic E-state index is 12.5. The second-order valence-corrected chi connectivity index (χ2v) is 6.02. The van der Waals surface area contributed by atoms with Crippen molar-refractivity contribution in [1.82, 2.24) is 4.90 Å². The van der Waals surface area contributed by atoms with Gasteiger partial charge >= 0.3 is 0 Å². The number of carbonyl (C=O) groups excluding carboxylic acids is 1. The predicted octanol–water partition coefficient (Wildman–Crippen LogP) is 2.38. The standard InChI is InChI=1S/C15H21BrN2O2/c1-11-9-18(10-14(8-16)20-11)15(19)12-4-6-13(7-5-12)17(2)3/h4-7,11,14H,8-10H2,1-3H3. The minimum Gasteiger partial charge on any atom is -0.378 e. The van der Waals surface area contributed by atoms with Gasteiger partial charge in [-0.2, -0.15) is 0 Å². The molecule has 2 atom stereocenters. The first-order chi connectivity index (χ1) is 9.51. The first-order valence-electron chi connectivity index (χ1n) is 6.79. The van der Waals surface area contributed by atoms with Gasteiger partial charge in [0.25, 0.3) is 5.91 Å². The molecular weight excluding hydrogens is 320 g/mol. The fourth-order valence-corrected chi connectivity index (χ4v) is 2.74. The quantitative estimate of drug-likeness (QED) is 0.792. The zero-order chi connectivity index (χ0) is 14.7. The summed E-state index contributed by atoms with van der Waals surface area (Å²) in [6.07, 6.45) is 0.153. The second kappa shape index (κ2) is 6.59. The van der Waals surface area contributed by atoms with Crippen molar-refractivity contribution in [1.29, 1.82) is 0 Å². The van der Waals surface area contributed by atoms with Gasteiger partial charge in [-0.3, -0.25) is 4.79 Å². The Kier molecular flexibility index (Phi) is 5.05. The van der Waals surface area contributed by atoms with Crippen molar-refractivity contribution in [2.75, 3.05) is 37.4 Å². The Morgan fingerprint density at radius 1 is 1.35 bits per heavy atom. The van der Waals surface area contributed by atoms with Crippen molar-refractivity contribution in [2.45, 2.75) is 19.1 Å². The van der Waals surface area contributed by atoms with Crippen LogP contribution in [0.15, 0.2) is 24.3 Å². The van der Waals surface area contributed by atoms with Crippen LogP contribution in [-0.4, -0.2) is 55.5 Å². The molecule has 1 amide bonds. The van der Waals surface area contributed by atoms with E-state index in [0.29, 0.717) is 13.1 Å². The molecule has 0 aliphatic carbocycles. The van der Waals surface area contributed by atoms with Gasteiger partial charge in [0.1, 0.15) is 0 Å². The van der Waals surface area contributed by atoms with Crippen LogP contribution < -0.4 is 4.90 Å². The van der Waals surface area contributed by atoms with Gasteiger partial charge in [0, 0.05) is 43.8 Å². The maximum Gasteiger partial charge on any atom is 0.254 e. The molecular formula is C15H21BrN2O2. The number of nitrogens with zero attached hydrogens (tertiary/aromatic N) is 2. The van der Waals surface area contributed by atoms with Gasteiger partial charge in [0.05, 0.1) is 12.2 Å². The number of halogens is 1. The van der Waals surface area contributed by atoms with Crippen LogP contribution in [-0.2, 0) is 4.74 Å². The monoisotopic (exact) mass is 340 g/mol. The molecule has 1 aromatic carbocycles. The Morgan fingerprint density at radius 3 is 2.55 bits per heavy atom. The van der Waals surface area contributed by atoms with Gasteiger partial charge < -0.3 is 14.5 Å². The van der Waals surface area contributed by atoms with E-state index in [-0.39, 0.29) is 18.1 Å². The van der Waals surface area contributed by atoms with Crippen LogP contribution in [0.25, 0.3) is 0 Å². The molecule has 2 unspecified atom stereocenters. The molecule has 0 saturated carbocycles. The highest BCUT2D eigenvalue weighted by molar-refractivity contribution is 9.09. The number of rotatable bonds is 3. The lowest BCUT2D eigenvalue weighted by atomic mass is 10.1. The van der Waals surface area contributed by atoms with Crippen molar-refractivity contribution in [3.8, 4) is 0 Å². The zero-order valence-electron chi connectivity index (χ0n) is 12.2. The van der Waals surface area contributed by atoms with E-state index in [1.54, 1.807) is 0 Å². The summed E-state index contributed by atoms with van der Waals surface area (Å²) in [6, 6.07) is 7.72. The Balaban J connectivity index is 2.10. The number of benzene rings is 1. The molecule has 1 aliphatic rings. The molecule has 1 aromatic rings. The summed E-state index contributed by atoms with van der Waals surface area (Å²) < 4.78 is 5.75. The Bertz CT molecular complexity index is 461. The predicted molar refractivity (Wildman–Crippen MR) is 84.8 cm³/mol. The third-order valence-corrected chi connectivity index (χ3v) is 4.14. The summed E-state index contributed by atoms with van der Waals surface area (Å²) in [7, 11) is 3.97. The fraction of sp³-hybridized carbons (Fsp3) is 0.533. The van der Waals surface area contributed by atoms with Crippen LogP contribution in [0.4, 0.5) is 5.69 Å². The highest BCUT2D eigenvalue weighted by Crippen LogP contribution is 2.18. The van der Waals surface area contributed by atoms with Gasteiger partial charge in [-0.1, -0.05) is 15.9 Å². The topological polar surface area (TPSA) is 32.8 Å². The lowest BCUT2D eigenvalue weighted by Gasteiger charge is -2.36. The van der Waals surface area contributed by atoms with Gasteiger partial charge in [-0.25, -0.2) is 0 Å². The van der Waals surface area contributed by atoms with Crippen LogP contribution in [0.1, 0.15) is 17.3 Å². The number of hydrogen-bond acceptors (Lipinski definition) is 3. The van der Waals surface area contributed by atoms with E-state index < -0.39 is 0 Å². The van der Waals surface area contributed by atoms with E-state index in [4.69, 9.17) is 4.74 Å². The number of ether oxygens (including phenoxy) is 1. The minimum atomic E-state index is 0.0729. The number of hydrogen-bond donors (Lipinski definition) is 0. The third-order valence-electron chi connectivity index (χ3n) is 3.42. The highest BCUT2D eigenvalue weighted by Gasteiger charge is 2.28. The third kappa shape index (κ3) is 3.52.